The van der Waals surface area contributed by atoms with Crippen LogP contribution in [0.25, 0.3) is 0 Å². The first-order valence-electron chi connectivity index (χ1n) is 4.26. The van der Waals surface area contributed by atoms with E-state index in [4.69, 9.17) is 0 Å². The molecule has 1 heterocycles. The lowest BCUT2D eigenvalue weighted by Crippen LogP contribution is -2.01. The summed E-state index contributed by atoms with van der Waals surface area (Å²) in [5.74, 6) is -0.281. The molecule has 0 aromatic heterocycles. The van der Waals surface area contributed by atoms with Crippen molar-refractivity contribution in [3.8, 4) is 0 Å². The Labute approximate surface area is 88.9 Å². The summed E-state index contributed by atoms with van der Waals surface area (Å²) in [7, 11) is 1.39. The fraction of sp³-hybridized carbons (Fsp3) is 0.300. The highest BCUT2D eigenvalue weighted by Crippen LogP contribution is 2.23. The molecule has 2 rings (SSSR count). The topological polar surface area (TPSA) is 38.3 Å². The predicted octanol–water partition coefficient (Wildman–Crippen LogP) is 1.86. The summed E-state index contributed by atoms with van der Waals surface area (Å²) in [6, 6.07) is 5.62. The number of benzene rings is 1. The SMILES string of the molecule is COC(=O)c1ccc2c(c1)NCC2.Cl. The normalized spacial score (nSPS) is 12.4. The molecule has 0 aliphatic carbocycles. The van der Waals surface area contributed by atoms with Crippen LogP contribution in [0.1, 0.15) is 15.9 Å². The van der Waals surface area contributed by atoms with Crippen molar-refractivity contribution in [2.75, 3.05) is 19.0 Å². The van der Waals surface area contributed by atoms with Gasteiger partial charge in [0.2, 0.25) is 0 Å². The first-order chi connectivity index (χ1) is 6.31. The number of methoxy groups -OCH3 is 1. The van der Waals surface area contributed by atoms with Crippen molar-refractivity contribution in [2.45, 2.75) is 6.42 Å². The minimum Gasteiger partial charge on any atom is -0.465 e. The Morgan fingerprint density at radius 3 is 3.00 bits per heavy atom. The van der Waals surface area contributed by atoms with Crippen molar-refractivity contribution in [2.24, 2.45) is 0 Å². The number of nitrogens with one attached hydrogen (secondary N) is 1. The summed E-state index contributed by atoms with van der Waals surface area (Å²) in [4.78, 5) is 11.2. The number of carbonyl (C=O) groups is 1. The zero-order valence-electron chi connectivity index (χ0n) is 7.87. The molecule has 0 spiro atoms. The smallest absolute Gasteiger partial charge is 0.337 e. The van der Waals surface area contributed by atoms with Crippen LogP contribution in [-0.4, -0.2) is 19.6 Å². The Morgan fingerprint density at radius 2 is 2.29 bits per heavy atom. The van der Waals surface area contributed by atoms with Gasteiger partial charge in [0.15, 0.2) is 0 Å². The number of hydrogen-bond acceptors (Lipinski definition) is 3. The van der Waals surface area contributed by atoms with E-state index in [9.17, 15) is 4.79 Å². The molecule has 1 aromatic rings. The molecule has 0 bridgehead atoms. The quantitative estimate of drug-likeness (QED) is 0.724. The second kappa shape index (κ2) is 4.33. The van der Waals surface area contributed by atoms with Gasteiger partial charge in [0.1, 0.15) is 0 Å². The van der Waals surface area contributed by atoms with E-state index in [0.29, 0.717) is 5.56 Å². The van der Waals surface area contributed by atoms with E-state index < -0.39 is 0 Å². The van der Waals surface area contributed by atoms with Gasteiger partial charge in [0.05, 0.1) is 12.7 Å². The van der Waals surface area contributed by atoms with Gasteiger partial charge >= 0.3 is 5.97 Å². The van der Waals surface area contributed by atoms with E-state index in [2.05, 4.69) is 10.1 Å². The highest BCUT2D eigenvalue weighted by molar-refractivity contribution is 5.90. The molecular weight excluding hydrogens is 202 g/mol. The third kappa shape index (κ3) is 1.82. The summed E-state index contributed by atoms with van der Waals surface area (Å²) >= 11 is 0. The molecule has 0 unspecified atom stereocenters. The largest absolute Gasteiger partial charge is 0.465 e. The summed E-state index contributed by atoms with van der Waals surface area (Å²) in [6.45, 7) is 0.958. The number of anilines is 1. The minimum atomic E-state index is -0.281. The number of carbonyl (C=O) groups excluding carboxylic acids is 1. The van der Waals surface area contributed by atoms with Crippen molar-refractivity contribution in [3.63, 3.8) is 0 Å². The number of fused-ring (bicyclic) bond motifs is 1. The van der Waals surface area contributed by atoms with Gasteiger partial charge in [-0.25, -0.2) is 4.79 Å². The molecule has 4 heteroatoms. The van der Waals surface area contributed by atoms with Crippen LogP contribution in [0.4, 0.5) is 5.69 Å². The Balaban J connectivity index is 0.000000980. The average molecular weight is 214 g/mol. The third-order valence-electron chi connectivity index (χ3n) is 2.24. The average Bonchev–Trinajstić information content (AvgIpc) is 2.63. The summed E-state index contributed by atoms with van der Waals surface area (Å²) < 4.78 is 4.63. The molecule has 1 aliphatic rings. The molecule has 1 aromatic carbocycles. The van der Waals surface area contributed by atoms with Gasteiger partial charge in [-0.05, 0) is 24.1 Å². The molecule has 1 N–H and O–H groups in total. The molecule has 0 amide bonds. The summed E-state index contributed by atoms with van der Waals surface area (Å²) in [5.41, 5.74) is 2.94. The first kappa shape index (κ1) is 10.9. The van der Waals surface area contributed by atoms with Gasteiger partial charge < -0.3 is 10.1 Å². The van der Waals surface area contributed by atoms with E-state index >= 15 is 0 Å². The summed E-state index contributed by atoms with van der Waals surface area (Å²) in [6.07, 6.45) is 1.04. The zero-order valence-corrected chi connectivity index (χ0v) is 8.69. The summed E-state index contributed by atoms with van der Waals surface area (Å²) in [5, 5.41) is 3.21. The van der Waals surface area contributed by atoms with Crippen LogP contribution < -0.4 is 5.32 Å². The molecule has 0 saturated carbocycles. The Hall–Kier alpha value is -1.22. The van der Waals surface area contributed by atoms with Gasteiger partial charge in [0.25, 0.3) is 0 Å². The molecule has 0 atom stereocenters. The van der Waals surface area contributed by atoms with Crippen molar-refractivity contribution < 1.29 is 9.53 Å². The van der Waals surface area contributed by atoms with E-state index in [-0.39, 0.29) is 18.4 Å². The van der Waals surface area contributed by atoms with Crippen LogP contribution in [0.15, 0.2) is 18.2 Å². The standard InChI is InChI=1S/C10H11NO2.ClH/c1-13-10(12)8-3-2-7-4-5-11-9(7)6-8;/h2-3,6,11H,4-5H2,1H3;1H. The van der Waals surface area contributed by atoms with Gasteiger partial charge in [-0.2, -0.15) is 0 Å². The molecule has 1 aliphatic heterocycles. The van der Waals surface area contributed by atoms with E-state index in [1.54, 1.807) is 6.07 Å². The first-order valence-corrected chi connectivity index (χ1v) is 4.26. The van der Waals surface area contributed by atoms with Crippen LogP contribution >= 0.6 is 12.4 Å². The maximum Gasteiger partial charge on any atom is 0.337 e. The van der Waals surface area contributed by atoms with Gasteiger partial charge in [0, 0.05) is 12.2 Å². The maximum absolute atomic E-state index is 11.2. The molecule has 0 saturated heterocycles. The van der Waals surface area contributed by atoms with Gasteiger partial charge in [-0.1, -0.05) is 6.07 Å². The lowest BCUT2D eigenvalue weighted by atomic mass is 10.1. The van der Waals surface area contributed by atoms with Gasteiger partial charge in [-0.15, -0.1) is 12.4 Å². The fourth-order valence-electron chi connectivity index (χ4n) is 1.54. The third-order valence-corrected chi connectivity index (χ3v) is 2.24. The fourth-order valence-corrected chi connectivity index (χ4v) is 1.54. The van der Waals surface area contributed by atoms with Crippen molar-refractivity contribution >= 4 is 24.1 Å². The van der Waals surface area contributed by atoms with E-state index in [0.717, 1.165) is 18.7 Å². The Bertz CT molecular complexity index is 352. The van der Waals surface area contributed by atoms with Crippen molar-refractivity contribution in [1.29, 1.82) is 0 Å². The Kier molecular flexibility index (Phi) is 3.36. The lowest BCUT2D eigenvalue weighted by Gasteiger charge is -2.02. The number of halogens is 1. The zero-order chi connectivity index (χ0) is 9.26. The minimum absolute atomic E-state index is 0. The molecule has 0 radical (unpaired) electrons. The monoisotopic (exact) mass is 213 g/mol. The van der Waals surface area contributed by atoms with Crippen molar-refractivity contribution in [1.82, 2.24) is 0 Å². The van der Waals surface area contributed by atoms with Crippen LogP contribution in [0.5, 0.6) is 0 Å². The number of esters is 1. The molecule has 3 nitrogen and oxygen atoms in total. The number of hydrogen-bond donors (Lipinski definition) is 1. The molecule has 14 heavy (non-hydrogen) atoms. The van der Waals surface area contributed by atoms with Gasteiger partial charge in [-0.3, -0.25) is 0 Å². The molecule has 76 valence electrons. The molecular formula is C10H12ClNO2. The molecule has 0 fully saturated rings. The Morgan fingerprint density at radius 1 is 1.50 bits per heavy atom. The van der Waals surface area contributed by atoms with Crippen molar-refractivity contribution in [3.05, 3.63) is 29.3 Å². The van der Waals surface area contributed by atoms with Crippen LogP contribution in [0, 0.1) is 0 Å². The lowest BCUT2D eigenvalue weighted by molar-refractivity contribution is 0.0601. The van der Waals surface area contributed by atoms with E-state index in [1.807, 2.05) is 12.1 Å². The highest BCUT2D eigenvalue weighted by atomic mass is 35.5. The maximum atomic E-state index is 11.2. The number of rotatable bonds is 1. The van der Waals surface area contributed by atoms with Crippen LogP contribution in [0.2, 0.25) is 0 Å². The number of ether oxygens (including phenoxy) is 1. The van der Waals surface area contributed by atoms with Crippen LogP contribution in [0.3, 0.4) is 0 Å². The van der Waals surface area contributed by atoms with E-state index in [1.165, 1.54) is 12.7 Å². The predicted molar refractivity (Wildman–Crippen MR) is 57.2 cm³/mol. The second-order valence-electron chi connectivity index (χ2n) is 3.04. The second-order valence-corrected chi connectivity index (χ2v) is 3.04. The van der Waals surface area contributed by atoms with Crippen LogP contribution in [-0.2, 0) is 11.2 Å². The highest BCUT2D eigenvalue weighted by Gasteiger charge is 2.12.